The number of carbonyl (C=O) groups excluding carboxylic acids is 1. The van der Waals surface area contributed by atoms with E-state index >= 15 is 0 Å². The smallest absolute Gasteiger partial charge is 0.163 e. The number of Topliss-reactive ketones (excluding diaryl/α,β-unsaturated/α-hetero) is 1. The average Bonchev–Trinajstić information content (AvgIpc) is 3.22. The van der Waals surface area contributed by atoms with Crippen LogP contribution in [0.25, 0.3) is 0 Å². The summed E-state index contributed by atoms with van der Waals surface area (Å²) in [6.45, 7) is 6.98. The third kappa shape index (κ3) is 8.25. The van der Waals surface area contributed by atoms with E-state index in [2.05, 4.69) is 0 Å². The number of ether oxygens (including phenoxy) is 4. The monoisotopic (exact) mass is 520 g/mol. The fourth-order valence-electron chi connectivity index (χ4n) is 3.95. The summed E-state index contributed by atoms with van der Waals surface area (Å²) in [6.07, 6.45) is -1.18. The lowest BCUT2D eigenvalue weighted by molar-refractivity contribution is -0.137. The molecule has 1 saturated heterocycles. The number of carbonyl (C=O) groups is 1. The lowest BCUT2D eigenvalue weighted by Gasteiger charge is -2.26. The number of rotatable bonds is 12. The molecule has 1 fully saturated rings. The van der Waals surface area contributed by atoms with Crippen LogP contribution in [0.2, 0.25) is 0 Å². The maximum Gasteiger partial charge on any atom is 0.163 e. The minimum absolute atomic E-state index is 0.00612. The van der Waals surface area contributed by atoms with Crippen LogP contribution >= 0.6 is 11.8 Å². The van der Waals surface area contributed by atoms with Crippen LogP contribution < -0.4 is 0 Å². The van der Waals surface area contributed by atoms with E-state index < -0.39 is 17.6 Å². The van der Waals surface area contributed by atoms with Gasteiger partial charge < -0.3 is 18.9 Å². The summed E-state index contributed by atoms with van der Waals surface area (Å²) in [4.78, 5) is 13.8. The summed E-state index contributed by atoms with van der Waals surface area (Å²) in [5.74, 6) is 0.0431. The molecule has 4 rings (SSSR count). The summed E-state index contributed by atoms with van der Waals surface area (Å²) in [5, 5.41) is 0. The normalized spacial score (nSPS) is 21.7. The standard InChI is InChI=1S/C31H36O5S/c1-31(2,3)27(32)22-35-29-28(34-20-24-15-9-5-10-16-24)26(21-33-19-23-13-7-4-8-14-23)36-30(29)37-25-17-11-6-12-18-25/h4-18,26,28-30H,19-22H2,1-3H3/t26-,28+,29-,30?/m1/s1. The molecule has 3 aromatic carbocycles. The van der Waals surface area contributed by atoms with Crippen LogP contribution in [-0.4, -0.2) is 42.7 Å². The van der Waals surface area contributed by atoms with Gasteiger partial charge >= 0.3 is 0 Å². The first kappa shape index (κ1) is 27.6. The second-order valence-electron chi connectivity index (χ2n) is 10.2. The Kier molecular flexibility index (Phi) is 9.95. The van der Waals surface area contributed by atoms with Crippen LogP contribution in [0.3, 0.4) is 0 Å². The van der Waals surface area contributed by atoms with E-state index in [1.54, 1.807) is 11.8 Å². The van der Waals surface area contributed by atoms with Crippen molar-refractivity contribution in [1.82, 2.24) is 0 Å². The molecule has 0 amide bonds. The van der Waals surface area contributed by atoms with Crippen molar-refractivity contribution in [3.63, 3.8) is 0 Å². The lowest BCUT2D eigenvalue weighted by Crippen LogP contribution is -2.40. The van der Waals surface area contributed by atoms with Crippen molar-refractivity contribution in [2.24, 2.45) is 5.41 Å². The Morgan fingerprint density at radius 1 is 0.784 bits per heavy atom. The molecule has 0 spiro atoms. The van der Waals surface area contributed by atoms with Gasteiger partial charge in [-0.25, -0.2) is 0 Å². The van der Waals surface area contributed by atoms with E-state index in [0.29, 0.717) is 19.8 Å². The molecule has 0 radical (unpaired) electrons. The van der Waals surface area contributed by atoms with E-state index in [4.69, 9.17) is 18.9 Å². The summed E-state index contributed by atoms with van der Waals surface area (Å²) in [7, 11) is 0. The van der Waals surface area contributed by atoms with E-state index in [1.165, 1.54) is 0 Å². The summed E-state index contributed by atoms with van der Waals surface area (Å²) >= 11 is 1.58. The maximum absolute atomic E-state index is 12.7. The molecule has 1 aliphatic rings. The van der Waals surface area contributed by atoms with Crippen molar-refractivity contribution >= 4 is 17.5 Å². The van der Waals surface area contributed by atoms with Gasteiger partial charge in [-0.3, -0.25) is 4.79 Å². The van der Waals surface area contributed by atoms with Gasteiger partial charge in [0.05, 0.1) is 19.8 Å². The molecule has 0 saturated carbocycles. The largest absolute Gasteiger partial charge is 0.374 e. The van der Waals surface area contributed by atoms with Gasteiger partial charge in [-0.05, 0) is 23.3 Å². The van der Waals surface area contributed by atoms with Gasteiger partial charge in [-0.15, -0.1) is 0 Å². The minimum atomic E-state index is -0.486. The first-order chi connectivity index (χ1) is 17.9. The molecule has 0 aromatic heterocycles. The number of hydrogen-bond acceptors (Lipinski definition) is 6. The fraction of sp³-hybridized carbons (Fsp3) is 0.387. The molecule has 1 aliphatic heterocycles. The number of benzene rings is 3. The van der Waals surface area contributed by atoms with Gasteiger partial charge in [-0.2, -0.15) is 0 Å². The zero-order valence-corrected chi connectivity index (χ0v) is 22.6. The highest BCUT2D eigenvalue weighted by Gasteiger charge is 2.47. The van der Waals surface area contributed by atoms with E-state index in [-0.39, 0.29) is 23.9 Å². The van der Waals surface area contributed by atoms with Gasteiger partial charge in [-0.1, -0.05) is 111 Å². The summed E-state index contributed by atoms with van der Waals surface area (Å²) < 4.78 is 25.3. The van der Waals surface area contributed by atoms with Crippen molar-refractivity contribution in [2.75, 3.05) is 13.2 Å². The number of ketones is 1. The van der Waals surface area contributed by atoms with E-state index in [9.17, 15) is 4.79 Å². The SMILES string of the molecule is CC(C)(C)C(=O)CO[C@H]1C(Sc2ccccc2)O[C@H](COCc2ccccc2)[C@@H]1OCc1ccccc1. The third-order valence-electron chi connectivity index (χ3n) is 6.19. The Balaban J connectivity index is 1.52. The Labute approximate surface area is 224 Å². The average molecular weight is 521 g/mol. The molecule has 0 bridgehead atoms. The Bertz CT molecular complexity index is 1080. The van der Waals surface area contributed by atoms with Crippen LogP contribution in [0.15, 0.2) is 95.9 Å². The molecule has 0 N–H and O–H groups in total. The van der Waals surface area contributed by atoms with Crippen LogP contribution in [0.4, 0.5) is 0 Å². The molecule has 0 aliphatic carbocycles. The Hall–Kier alpha value is -2.48. The van der Waals surface area contributed by atoms with E-state index in [1.807, 2.05) is 112 Å². The van der Waals surface area contributed by atoms with Gasteiger partial charge in [0.25, 0.3) is 0 Å². The molecule has 4 atom stereocenters. The molecule has 3 aromatic rings. The van der Waals surface area contributed by atoms with Gasteiger partial charge in [0.15, 0.2) is 5.78 Å². The molecule has 196 valence electrons. The van der Waals surface area contributed by atoms with Crippen molar-refractivity contribution in [1.29, 1.82) is 0 Å². The molecule has 5 nitrogen and oxygen atoms in total. The quantitative estimate of drug-likeness (QED) is 0.279. The molecular weight excluding hydrogens is 484 g/mol. The Morgan fingerprint density at radius 3 is 1.95 bits per heavy atom. The second-order valence-corrected chi connectivity index (χ2v) is 11.4. The first-order valence-electron chi connectivity index (χ1n) is 12.7. The highest BCUT2D eigenvalue weighted by molar-refractivity contribution is 7.99. The summed E-state index contributed by atoms with van der Waals surface area (Å²) in [5.41, 5.74) is 1.33. The molecule has 1 unspecified atom stereocenters. The molecule has 37 heavy (non-hydrogen) atoms. The van der Waals surface area contributed by atoms with Crippen LogP contribution in [-0.2, 0) is 37.0 Å². The Morgan fingerprint density at radius 2 is 1.35 bits per heavy atom. The zero-order chi connectivity index (χ0) is 26.1. The highest BCUT2D eigenvalue weighted by Crippen LogP contribution is 2.38. The van der Waals surface area contributed by atoms with Gasteiger partial charge in [0.1, 0.15) is 30.4 Å². The first-order valence-corrected chi connectivity index (χ1v) is 13.6. The maximum atomic E-state index is 12.7. The highest BCUT2D eigenvalue weighted by atomic mass is 32.2. The van der Waals surface area contributed by atoms with Crippen molar-refractivity contribution in [3.8, 4) is 0 Å². The summed E-state index contributed by atoms with van der Waals surface area (Å²) in [6, 6.07) is 30.2. The molecular formula is C31H36O5S. The topological polar surface area (TPSA) is 54.0 Å². The van der Waals surface area contributed by atoms with Crippen molar-refractivity contribution < 1.29 is 23.7 Å². The van der Waals surface area contributed by atoms with Crippen LogP contribution in [0.1, 0.15) is 31.9 Å². The van der Waals surface area contributed by atoms with Crippen LogP contribution in [0, 0.1) is 5.41 Å². The number of thioether (sulfide) groups is 1. The number of hydrogen-bond donors (Lipinski definition) is 0. The zero-order valence-electron chi connectivity index (χ0n) is 21.7. The molecule has 1 heterocycles. The van der Waals surface area contributed by atoms with Crippen molar-refractivity contribution in [2.45, 2.75) is 62.6 Å². The minimum Gasteiger partial charge on any atom is -0.374 e. The van der Waals surface area contributed by atoms with Crippen LogP contribution in [0.5, 0.6) is 0 Å². The van der Waals surface area contributed by atoms with E-state index in [0.717, 1.165) is 16.0 Å². The van der Waals surface area contributed by atoms with Gasteiger partial charge in [0, 0.05) is 10.3 Å². The fourth-order valence-corrected chi connectivity index (χ4v) is 5.10. The predicted octanol–water partition coefficient (Wildman–Crippen LogP) is 6.31. The van der Waals surface area contributed by atoms with Crippen molar-refractivity contribution in [3.05, 3.63) is 102 Å². The molecule has 6 heteroatoms. The second kappa shape index (κ2) is 13.4. The lowest BCUT2D eigenvalue weighted by atomic mass is 9.91. The van der Waals surface area contributed by atoms with Gasteiger partial charge in [0.2, 0.25) is 0 Å². The predicted molar refractivity (Wildman–Crippen MR) is 146 cm³/mol. The third-order valence-corrected chi connectivity index (χ3v) is 7.34.